The topological polar surface area (TPSA) is 76.1 Å². The molecule has 26 heavy (non-hydrogen) atoms. The first kappa shape index (κ1) is 17.4. The van der Waals surface area contributed by atoms with Gasteiger partial charge in [0.25, 0.3) is 0 Å². The summed E-state index contributed by atoms with van der Waals surface area (Å²) in [7, 11) is 0. The van der Waals surface area contributed by atoms with Crippen LogP contribution in [0.3, 0.4) is 0 Å². The normalized spacial score (nSPS) is 10.4. The van der Waals surface area contributed by atoms with Gasteiger partial charge in [0.2, 0.25) is 0 Å². The molecular weight excluding hydrogens is 328 g/mol. The molecule has 0 bridgehead atoms. The smallest absolute Gasteiger partial charge is 0.413 e. The molecule has 2 aromatic carbocycles. The zero-order chi connectivity index (χ0) is 18.4. The second-order valence-corrected chi connectivity index (χ2v) is 5.90. The number of ether oxygens (including phenoxy) is 1. The van der Waals surface area contributed by atoms with Gasteiger partial charge in [0, 0.05) is 17.3 Å². The highest BCUT2D eigenvalue weighted by molar-refractivity contribution is 5.84. The minimum Gasteiger partial charge on any atom is -0.447 e. The fourth-order valence-electron chi connectivity index (χ4n) is 2.31. The number of para-hydroxylation sites is 1. The number of hydrogen-bond donors (Lipinski definition) is 2. The van der Waals surface area contributed by atoms with E-state index in [2.05, 4.69) is 20.6 Å². The lowest BCUT2D eigenvalue weighted by Gasteiger charge is -2.12. The number of anilines is 3. The quantitative estimate of drug-likeness (QED) is 0.690. The zero-order valence-electron chi connectivity index (χ0n) is 14.6. The standard InChI is InChI=1S/C20H20N4O2/c1-14(2)26-20(25)24-18-13-17(21-16-11-7-4-8-12-16)22-19(23-18)15-9-5-3-6-10-15/h3-14H,1-2H3,(H2,21,22,23,24,25). The van der Waals surface area contributed by atoms with Gasteiger partial charge in [-0.1, -0.05) is 48.5 Å². The van der Waals surface area contributed by atoms with E-state index in [-0.39, 0.29) is 6.10 Å². The number of benzene rings is 2. The third-order valence-electron chi connectivity index (χ3n) is 3.38. The van der Waals surface area contributed by atoms with Crippen LogP contribution in [-0.2, 0) is 4.74 Å². The van der Waals surface area contributed by atoms with Crippen molar-refractivity contribution in [3.8, 4) is 11.4 Å². The van der Waals surface area contributed by atoms with Crippen molar-refractivity contribution >= 4 is 23.4 Å². The number of amides is 1. The monoisotopic (exact) mass is 348 g/mol. The molecule has 2 N–H and O–H groups in total. The van der Waals surface area contributed by atoms with Gasteiger partial charge in [0.1, 0.15) is 11.6 Å². The second-order valence-electron chi connectivity index (χ2n) is 5.90. The van der Waals surface area contributed by atoms with Crippen LogP contribution in [0.15, 0.2) is 66.7 Å². The van der Waals surface area contributed by atoms with Crippen LogP contribution in [0.1, 0.15) is 13.8 Å². The van der Waals surface area contributed by atoms with Crippen molar-refractivity contribution in [3.05, 3.63) is 66.7 Å². The van der Waals surface area contributed by atoms with E-state index < -0.39 is 6.09 Å². The largest absolute Gasteiger partial charge is 0.447 e. The summed E-state index contributed by atoms with van der Waals surface area (Å²) in [4.78, 5) is 20.9. The highest BCUT2D eigenvalue weighted by atomic mass is 16.6. The molecule has 0 radical (unpaired) electrons. The van der Waals surface area contributed by atoms with Crippen molar-refractivity contribution in [1.82, 2.24) is 9.97 Å². The molecule has 0 unspecified atom stereocenters. The van der Waals surface area contributed by atoms with Crippen molar-refractivity contribution in [2.45, 2.75) is 20.0 Å². The van der Waals surface area contributed by atoms with Gasteiger partial charge in [-0.2, -0.15) is 0 Å². The third kappa shape index (κ3) is 4.80. The third-order valence-corrected chi connectivity index (χ3v) is 3.38. The van der Waals surface area contributed by atoms with E-state index in [1.165, 1.54) is 0 Å². The van der Waals surface area contributed by atoms with E-state index in [0.29, 0.717) is 17.5 Å². The highest BCUT2D eigenvalue weighted by Crippen LogP contribution is 2.22. The van der Waals surface area contributed by atoms with Gasteiger partial charge in [0.15, 0.2) is 5.82 Å². The Morgan fingerprint density at radius 1 is 0.923 bits per heavy atom. The van der Waals surface area contributed by atoms with Gasteiger partial charge in [0.05, 0.1) is 6.10 Å². The maximum absolute atomic E-state index is 11.9. The van der Waals surface area contributed by atoms with Crippen molar-refractivity contribution in [2.24, 2.45) is 0 Å². The lowest BCUT2D eigenvalue weighted by Crippen LogP contribution is -2.19. The summed E-state index contributed by atoms with van der Waals surface area (Å²) in [5, 5.41) is 5.88. The first-order chi connectivity index (χ1) is 12.6. The average Bonchev–Trinajstić information content (AvgIpc) is 2.62. The Hall–Kier alpha value is -3.41. The van der Waals surface area contributed by atoms with Crippen molar-refractivity contribution in [1.29, 1.82) is 0 Å². The number of carbonyl (C=O) groups excluding carboxylic acids is 1. The number of nitrogens with zero attached hydrogens (tertiary/aromatic N) is 2. The maximum atomic E-state index is 11.9. The van der Waals surface area contributed by atoms with Crippen molar-refractivity contribution in [2.75, 3.05) is 10.6 Å². The Morgan fingerprint density at radius 3 is 2.19 bits per heavy atom. The summed E-state index contributed by atoms with van der Waals surface area (Å²) in [6.45, 7) is 3.58. The molecule has 6 heteroatoms. The molecule has 0 aliphatic rings. The molecule has 3 rings (SSSR count). The summed E-state index contributed by atoms with van der Waals surface area (Å²) in [5.74, 6) is 1.44. The number of nitrogens with one attached hydrogen (secondary N) is 2. The molecule has 1 amide bonds. The summed E-state index contributed by atoms with van der Waals surface area (Å²) >= 11 is 0. The number of hydrogen-bond acceptors (Lipinski definition) is 5. The van der Waals surface area contributed by atoms with Crippen molar-refractivity contribution < 1.29 is 9.53 Å². The Labute approximate surface area is 152 Å². The Morgan fingerprint density at radius 2 is 1.54 bits per heavy atom. The van der Waals surface area contributed by atoms with Crippen LogP contribution in [0.25, 0.3) is 11.4 Å². The van der Waals surface area contributed by atoms with E-state index in [1.807, 2.05) is 60.7 Å². The molecule has 0 spiro atoms. The molecule has 0 fully saturated rings. The molecule has 0 saturated carbocycles. The van der Waals surface area contributed by atoms with E-state index in [9.17, 15) is 4.79 Å². The molecule has 6 nitrogen and oxygen atoms in total. The van der Waals surface area contributed by atoms with Crippen LogP contribution in [0, 0.1) is 0 Å². The first-order valence-electron chi connectivity index (χ1n) is 8.34. The molecule has 1 heterocycles. The zero-order valence-corrected chi connectivity index (χ0v) is 14.6. The van der Waals surface area contributed by atoms with Crippen LogP contribution in [-0.4, -0.2) is 22.2 Å². The minimum atomic E-state index is -0.552. The number of carbonyl (C=O) groups is 1. The lowest BCUT2D eigenvalue weighted by atomic mass is 10.2. The minimum absolute atomic E-state index is 0.215. The number of aromatic nitrogens is 2. The van der Waals surface area contributed by atoms with E-state index in [4.69, 9.17) is 4.74 Å². The Balaban J connectivity index is 1.92. The van der Waals surface area contributed by atoms with Crippen LogP contribution >= 0.6 is 0 Å². The number of rotatable bonds is 5. The molecule has 0 atom stereocenters. The van der Waals surface area contributed by atoms with Gasteiger partial charge < -0.3 is 10.1 Å². The van der Waals surface area contributed by atoms with Gasteiger partial charge in [-0.15, -0.1) is 0 Å². The van der Waals surface area contributed by atoms with E-state index >= 15 is 0 Å². The van der Waals surface area contributed by atoms with Crippen LogP contribution < -0.4 is 10.6 Å². The first-order valence-corrected chi connectivity index (χ1v) is 8.34. The predicted octanol–water partition coefficient (Wildman–Crippen LogP) is 4.84. The molecule has 0 saturated heterocycles. The predicted molar refractivity (Wildman–Crippen MR) is 102 cm³/mol. The van der Waals surface area contributed by atoms with Gasteiger partial charge in [-0.3, -0.25) is 5.32 Å². The van der Waals surface area contributed by atoms with Crippen LogP contribution in [0.4, 0.5) is 22.1 Å². The van der Waals surface area contributed by atoms with Gasteiger partial charge in [-0.25, -0.2) is 14.8 Å². The van der Waals surface area contributed by atoms with Crippen LogP contribution in [0.5, 0.6) is 0 Å². The molecule has 3 aromatic rings. The lowest BCUT2D eigenvalue weighted by molar-refractivity contribution is 0.130. The second kappa shape index (κ2) is 8.11. The molecule has 132 valence electrons. The molecule has 0 aliphatic heterocycles. The van der Waals surface area contributed by atoms with E-state index in [0.717, 1.165) is 11.3 Å². The Kier molecular flexibility index (Phi) is 5.43. The fraction of sp³-hybridized carbons (Fsp3) is 0.150. The molecular formula is C20H20N4O2. The molecule has 0 aliphatic carbocycles. The average molecular weight is 348 g/mol. The van der Waals surface area contributed by atoms with Crippen LogP contribution in [0.2, 0.25) is 0 Å². The maximum Gasteiger partial charge on any atom is 0.413 e. The van der Waals surface area contributed by atoms with Crippen molar-refractivity contribution in [3.63, 3.8) is 0 Å². The SMILES string of the molecule is CC(C)OC(=O)Nc1cc(Nc2ccccc2)nc(-c2ccccc2)n1. The molecule has 1 aromatic heterocycles. The van der Waals surface area contributed by atoms with E-state index in [1.54, 1.807) is 19.9 Å². The summed E-state index contributed by atoms with van der Waals surface area (Å²) in [6, 6.07) is 20.9. The summed E-state index contributed by atoms with van der Waals surface area (Å²) in [6.07, 6.45) is -0.768. The summed E-state index contributed by atoms with van der Waals surface area (Å²) in [5.41, 5.74) is 1.74. The van der Waals surface area contributed by atoms with Gasteiger partial charge in [-0.05, 0) is 26.0 Å². The van der Waals surface area contributed by atoms with Gasteiger partial charge >= 0.3 is 6.09 Å². The fourth-order valence-corrected chi connectivity index (χ4v) is 2.31. The Bertz CT molecular complexity index is 867. The highest BCUT2D eigenvalue weighted by Gasteiger charge is 2.11. The summed E-state index contributed by atoms with van der Waals surface area (Å²) < 4.78 is 5.13.